The zero-order chi connectivity index (χ0) is 10.7. The van der Waals surface area contributed by atoms with Crippen molar-refractivity contribution in [3.05, 3.63) is 36.0 Å². The SMILES string of the molecule is C=C/C(C)=C/C=C(\C)CCC.CC. The molecule has 0 N–H and O–H groups in total. The summed E-state index contributed by atoms with van der Waals surface area (Å²) in [5.74, 6) is 0. The van der Waals surface area contributed by atoms with E-state index in [1.165, 1.54) is 24.0 Å². The lowest BCUT2D eigenvalue weighted by atomic mass is 10.1. The van der Waals surface area contributed by atoms with Gasteiger partial charge in [0.05, 0.1) is 0 Å². The highest BCUT2D eigenvalue weighted by molar-refractivity contribution is 5.21. The molecular weight excluding hydrogens is 156 g/mol. The van der Waals surface area contributed by atoms with Gasteiger partial charge in [0.1, 0.15) is 0 Å². The van der Waals surface area contributed by atoms with Crippen molar-refractivity contribution in [2.45, 2.75) is 47.5 Å². The zero-order valence-electron chi connectivity index (χ0n) is 9.85. The van der Waals surface area contributed by atoms with Crippen molar-refractivity contribution in [3.63, 3.8) is 0 Å². The van der Waals surface area contributed by atoms with E-state index in [2.05, 4.69) is 39.5 Å². The van der Waals surface area contributed by atoms with E-state index in [1.54, 1.807) is 0 Å². The van der Waals surface area contributed by atoms with Gasteiger partial charge in [0.25, 0.3) is 0 Å². The largest absolute Gasteiger partial charge is 0.0988 e. The summed E-state index contributed by atoms with van der Waals surface area (Å²) in [4.78, 5) is 0. The van der Waals surface area contributed by atoms with Crippen LogP contribution in [-0.4, -0.2) is 0 Å². The summed E-state index contributed by atoms with van der Waals surface area (Å²) >= 11 is 0. The first-order valence-corrected chi connectivity index (χ1v) is 5.17. The molecule has 0 nitrogen and oxygen atoms in total. The van der Waals surface area contributed by atoms with Crippen LogP contribution in [0.1, 0.15) is 47.5 Å². The second kappa shape index (κ2) is 11.2. The molecule has 0 saturated carbocycles. The maximum atomic E-state index is 3.69. The van der Waals surface area contributed by atoms with Crippen LogP contribution in [-0.2, 0) is 0 Å². The molecule has 0 bridgehead atoms. The maximum absolute atomic E-state index is 3.69. The molecule has 0 atom stereocenters. The predicted octanol–water partition coefficient (Wildman–Crippen LogP) is 4.89. The Morgan fingerprint density at radius 1 is 1.15 bits per heavy atom. The number of hydrogen-bond acceptors (Lipinski definition) is 0. The summed E-state index contributed by atoms with van der Waals surface area (Å²) in [6.07, 6.45) is 8.57. The van der Waals surface area contributed by atoms with Crippen molar-refractivity contribution < 1.29 is 0 Å². The van der Waals surface area contributed by atoms with Gasteiger partial charge in [0, 0.05) is 0 Å². The van der Waals surface area contributed by atoms with Crippen LogP contribution in [0.25, 0.3) is 0 Å². The van der Waals surface area contributed by atoms with Crippen LogP contribution in [0.2, 0.25) is 0 Å². The number of allylic oxidation sites excluding steroid dienone is 5. The first-order chi connectivity index (χ1) is 6.20. The van der Waals surface area contributed by atoms with Gasteiger partial charge in [-0.2, -0.15) is 0 Å². The lowest BCUT2D eigenvalue weighted by Gasteiger charge is -1.94. The van der Waals surface area contributed by atoms with E-state index in [-0.39, 0.29) is 0 Å². The summed E-state index contributed by atoms with van der Waals surface area (Å²) in [7, 11) is 0. The molecule has 0 aromatic heterocycles. The van der Waals surface area contributed by atoms with Crippen molar-refractivity contribution in [3.8, 4) is 0 Å². The van der Waals surface area contributed by atoms with E-state index in [4.69, 9.17) is 0 Å². The van der Waals surface area contributed by atoms with Crippen LogP contribution in [0.5, 0.6) is 0 Å². The van der Waals surface area contributed by atoms with E-state index in [0.717, 1.165) is 0 Å². The normalized spacial score (nSPS) is 11.8. The molecule has 0 heteroatoms. The molecule has 0 amide bonds. The van der Waals surface area contributed by atoms with Gasteiger partial charge >= 0.3 is 0 Å². The summed E-state index contributed by atoms with van der Waals surface area (Å²) in [5, 5.41) is 0. The Balaban J connectivity index is 0. The summed E-state index contributed by atoms with van der Waals surface area (Å²) in [6.45, 7) is 14.1. The van der Waals surface area contributed by atoms with Crippen molar-refractivity contribution in [2.24, 2.45) is 0 Å². The third kappa shape index (κ3) is 11.2. The highest BCUT2D eigenvalue weighted by Crippen LogP contribution is 2.04. The highest BCUT2D eigenvalue weighted by atomic mass is 13.9. The number of rotatable bonds is 4. The highest BCUT2D eigenvalue weighted by Gasteiger charge is 1.83. The fraction of sp³-hybridized carbons (Fsp3) is 0.538. The zero-order valence-corrected chi connectivity index (χ0v) is 9.85. The van der Waals surface area contributed by atoms with Crippen molar-refractivity contribution in [1.82, 2.24) is 0 Å². The molecule has 0 saturated heterocycles. The molecule has 76 valence electrons. The average molecular weight is 180 g/mol. The lowest BCUT2D eigenvalue weighted by Crippen LogP contribution is -1.73. The third-order valence-corrected chi connectivity index (χ3v) is 1.60. The van der Waals surface area contributed by atoms with Gasteiger partial charge < -0.3 is 0 Å². The topological polar surface area (TPSA) is 0 Å². The molecule has 0 aliphatic heterocycles. The minimum absolute atomic E-state index is 1.20. The smallest absolute Gasteiger partial charge is 0.0323 e. The van der Waals surface area contributed by atoms with Gasteiger partial charge in [-0.05, 0) is 20.3 Å². The Labute approximate surface area is 84.1 Å². The molecule has 0 rings (SSSR count). The molecule has 0 unspecified atom stereocenters. The number of hydrogen-bond donors (Lipinski definition) is 0. The van der Waals surface area contributed by atoms with Gasteiger partial charge in [-0.1, -0.05) is 63.1 Å². The van der Waals surface area contributed by atoms with Crippen LogP contribution in [0.3, 0.4) is 0 Å². The third-order valence-electron chi connectivity index (χ3n) is 1.60. The molecule has 0 aliphatic rings. The van der Waals surface area contributed by atoms with Crippen LogP contribution >= 0.6 is 0 Å². The van der Waals surface area contributed by atoms with Crippen LogP contribution in [0.15, 0.2) is 36.0 Å². The Kier molecular flexibility index (Phi) is 12.7. The van der Waals surface area contributed by atoms with Crippen molar-refractivity contribution in [2.75, 3.05) is 0 Å². The molecule has 0 fully saturated rings. The Bertz CT molecular complexity index is 170. The molecule has 0 aromatic carbocycles. The predicted molar refractivity (Wildman–Crippen MR) is 64.0 cm³/mol. The molecule has 0 radical (unpaired) electrons. The molecule has 0 spiro atoms. The molecule has 0 aliphatic carbocycles. The molecule has 0 heterocycles. The fourth-order valence-electron chi connectivity index (χ4n) is 0.819. The molecular formula is C13H24. The van der Waals surface area contributed by atoms with Gasteiger partial charge in [0.2, 0.25) is 0 Å². The van der Waals surface area contributed by atoms with E-state index < -0.39 is 0 Å². The van der Waals surface area contributed by atoms with Gasteiger partial charge in [0.15, 0.2) is 0 Å². The second-order valence-corrected chi connectivity index (χ2v) is 2.88. The van der Waals surface area contributed by atoms with E-state index in [9.17, 15) is 0 Å². The van der Waals surface area contributed by atoms with Crippen LogP contribution in [0.4, 0.5) is 0 Å². The first kappa shape index (κ1) is 14.7. The fourth-order valence-corrected chi connectivity index (χ4v) is 0.819. The van der Waals surface area contributed by atoms with Gasteiger partial charge in [-0.25, -0.2) is 0 Å². The van der Waals surface area contributed by atoms with Gasteiger partial charge in [-0.3, -0.25) is 0 Å². The van der Waals surface area contributed by atoms with E-state index in [1.807, 2.05) is 19.9 Å². The Morgan fingerprint density at radius 3 is 2.08 bits per heavy atom. The lowest BCUT2D eigenvalue weighted by molar-refractivity contribution is 0.905. The second-order valence-electron chi connectivity index (χ2n) is 2.88. The van der Waals surface area contributed by atoms with Gasteiger partial charge in [-0.15, -0.1) is 0 Å². The quantitative estimate of drug-likeness (QED) is 0.540. The molecule has 0 aromatic rings. The van der Waals surface area contributed by atoms with Crippen LogP contribution in [0, 0.1) is 0 Å². The summed E-state index contributed by atoms with van der Waals surface area (Å²) in [6, 6.07) is 0. The van der Waals surface area contributed by atoms with Crippen LogP contribution < -0.4 is 0 Å². The monoisotopic (exact) mass is 180 g/mol. The molecule has 13 heavy (non-hydrogen) atoms. The van der Waals surface area contributed by atoms with Crippen molar-refractivity contribution >= 4 is 0 Å². The summed E-state index contributed by atoms with van der Waals surface area (Å²) in [5.41, 5.74) is 2.66. The standard InChI is InChI=1S/C11H18.C2H6/c1-5-7-11(4)9-8-10(3)6-2;1-2/h6,8-9H,2,5,7H2,1,3-4H3;1-2H3/b10-8+,11-9+;. The minimum atomic E-state index is 1.20. The minimum Gasteiger partial charge on any atom is -0.0988 e. The van der Waals surface area contributed by atoms with E-state index >= 15 is 0 Å². The maximum Gasteiger partial charge on any atom is -0.0323 e. The average Bonchev–Trinajstić information content (AvgIpc) is 2.18. The summed E-state index contributed by atoms with van der Waals surface area (Å²) < 4.78 is 0. The van der Waals surface area contributed by atoms with E-state index in [0.29, 0.717) is 0 Å². The van der Waals surface area contributed by atoms with Crippen molar-refractivity contribution in [1.29, 1.82) is 0 Å². The Morgan fingerprint density at radius 2 is 1.69 bits per heavy atom. The first-order valence-electron chi connectivity index (χ1n) is 5.17. The Hall–Kier alpha value is -0.780.